The molecule has 0 spiro atoms. The third kappa shape index (κ3) is 3.81. The summed E-state index contributed by atoms with van der Waals surface area (Å²) in [4.78, 5) is 2.40. The molecule has 0 fully saturated rings. The number of aromatic nitrogens is 1. The van der Waals surface area contributed by atoms with Gasteiger partial charge in [0.25, 0.3) is 0 Å². The van der Waals surface area contributed by atoms with Crippen LogP contribution in [0.3, 0.4) is 0 Å². The van der Waals surface area contributed by atoms with E-state index in [4.69, 9.17) is 8.83 Å². The Bertz CT molecular complexity index is 3070. The summed E-state index contributed by atoms with van der Waals surface area (Å²) in [5.41, 5.74) is 10.0. The Morgan fingerprint density at radius 2 is 1.04 bits per heavy atom. The van der Waals surface area contributed by atoms with Crippen molar-refractivity contribution in [2.75, 3.05) is 4.90 Å². The highest BCUT2D eigenvalue weighted by Gasteiger charge is 2.24. The molecule has 50 heavy (non-hydrogen) atoms. The summed E-state index contributed by atoms with van der Waals surface area (Å²) in [7, 11) is 0. The van der Waals surface area contributed by atoms with Gasteiger partial charge in [-0.05, 0) is 72.1 Å². The third-order valence-electron chi connectivity index (χ3n) is 10.2. The molecule has 11 aromatic rings. The third-order valence-corrected chi connectivity index (χ3v) is 10.2. The van der Waals surface area contributed by atoms with Crippen LogP contribution in [0.1, 0.15) is 0 Å². The molecule has 3 heterocycles. The molecule has 0 saturated carbocycles. The zero-order chi connectivity index (χ0) is 32.8. The van der Waals surface area contributed by atoms with Gasteiger partial charge in [-0.15, -0.1) is 0 Å². The summed E-state index contributed by atoms with van der Waals surface area (Å²) in [6.45, 7) is 0. The highest BCUT2D eigenvalue weighted by molar-refractivity contribution is 6.20. The first-order chi connectivity index (χ1) is 24.8. The molecule has 0 aliphatic heterocycles. The lowest BCUT2D eigenvalue weighted by Crippen LogP contribution is -2.13. The van der Waals surface area contributed by atoms with E-state index in [-0.39, 0.29) is 0 Å². The number of para-hydroxylation sites is 5. The maximum atomic E-state index is 6.71. The van der Waals surface area contributed by atoms with Crippen molar-refractivity contribution < 1.29 is 8.83 Å². The second-order valence-corrected chi connectivity index (χ2v) is 12.9. The van der Waals surface area contributed by atoms with Crippen molar-refractivity contribution >= 4 is 93.5 Å². The van der Waals surface area contributed by atoms with Crippen molar-refractivity contribution in [2.45, 2.75) is 0 Å². The molecule has 4 nitrogen and oxygen atoms in total. The Morgan fingerprint density at radius 3 is 1.88 bits per heavy atom. The summed E-state index contributed by atoms with van der Waals surface area (Å²) in [6.07, 6.45) is 0. The minimum atomic E-state index is 0.850. The number of hydrogen-bond donors (Lipinski definition) is 0. The van der Waals surface area contributed by atoms with Crippen LogP contribution in [0.2, 0.25) is 0 Å². The van der Waals surface area contributed by atoms with Crippen LogP contribution in [-0.2, 0) is 0 Å². The number of fused-ring (bicyclic) bond motifs is 11. The predicted octanol–water partition coefficient (Wildman–Crippen LogP) is 13.2. The first-order valence-corrected chi connectivity index (χ1v) is 16.9. The fraction of sp³-hybridized carbons (Fsp3) is 0. The maximum Gasteiger partial charge on any atom is 0.143 e. The molecule has 8 aromatic carbocycles. The van der Waals surface area contributed by atoms with Crippen LogP contribution in [0.15, 0.2) is 179 Å². The van der Waals surface area contributed by atoms with Gasteiger partial charge < -0.3 is 18.3 Å². The number of anilines is 3. The molecule has 3 aromatic heterocycles. The molecule has 234 valence electrons. The van der Waals surface area contributed by atoms with Crippen molar-refractivity contribution in [2.24, 2.45) is 0 Å². The lowest BCUT2D eigenvalue weighted by atomic mass is 10.0. The summed E-state index contributed by atoms with van der Waals surface area (Å²) in [5.74, 6) is 0. The van der Waals surface area contributed by atoms with E-state index in [2.05, 4.69) is 167 Å². The molecular weight excluding hydrogens is 613 g/mol. The average Bonchev–Trinajstić information content (AvgIpc) is 3.85. The van der Waals surface area contributed by atoms with E-state index in [1.54, 1.807) is 0 Å². The molecule has 0 aliphatic rings. The quantitative estimate of drug-likeness (QED) is 0.192. The van der Waals surface area contributed by atoms with Crippen molar-refractivity contribution in [1.29, 1.82) is 0 Å². The highest BCUT2D eigenvalue weighted by atomic mass is 16.3. The van der Waals surface area contributed by atoms with Gasteiger partial charge >= 0.3 is 0 Å². The number of hydrogen-bond acceptors (Lipinski definition) is 3. The lowest BCUT2D eigenvalue weighted by molar-refractivity contribution is 0.669. The summed E-state index contributed by atoms with van der Waals surface area (Å²) < 4.78 is 15.4. The van der Waals surface area contributed by atoms with Gasteiger partial charge in [0.05, 0.1) is 33.5 Å². The second-order valence-electron chi connectivity index (χ2n) is 12.9. The minimum absolute atomic E-state index is 0.850. The molecule has 0 radical (unpaired) electrons. The summed E-state index contributed by atoms with van der Waals surface area (Å²) in [6, 6.07) is 60.1. The SMILES string of the molecule is c1ccc(-n2c3ccccc3c3ccccc32)c(N(c2ccc3oc4ccccc4c3c2)c2cccc3oc4c5ccccc5ccc4c23)c1. The van der Waals surface area contributed by atoms with Crippen molar-refractivity contribution in [3.63, 3.8) is 0 Å². The van der Waals surface area contributed by atoms with Crippen molar-refractivity contribution in [3.05, 3.63) is 170 Å². The molecule has 0 unspecified atom stereocenters. The Balaban J connectivity index is 1.26. The van der Waals surface area contributed by atoms with Crippen LogP contribution in [0, 0.1) is 0 Å². The second kappa shape index (κ2) is 10.4. The smallest absolute Gasteiger partial charge is 0.143 e. The van der Waals surface area contributed by atoms with Gasteiger partial charge in [-0.3, -0.25) is 0 Å². The number of furan rings is 2. The molecule has 0 bridgehead atoms. The van der Waals surface area contributed by atoms with Gasteiger partial charge in [0.15, 0.2) is 0 Å². The van der Waals surface area contributed by atoms with Crippen LogP contribution in [-0.4, -0.2) is 4.57 Å². The highest BCUT2D eigenvalue weighted by Crippen LogP contribution is 2.47. The molecule has 0 aliphatic carbocycles. The summed E-state index contributed by atoms with van der Waals surface area (Å²) in [5, 5.41) is 9.05. The van der Waals surface area contributed by atoms with E-state index in [0.717, 1.165) is 88.4 Å². The van der Waals surface area contributed by atoms with Crippen LogP contribution < -0.4 is 4.90 Å². The van der Waals surface area contributed by atoms with Gasteiger partial charge in [-0.1, -0.05) is 103 Å². The molecule has 0 amide bonds. The van der Waals surface area contributed by atoms with Crippen molar-refractivity contribution in [3.8, 4) is 5.69 Å². The van der Waals surface area contributed by atoms with Crippen LogP contribution in [0.5, 0.6) is 0 Å². The van der Waals surface area contributed by atoms with E-state index >= 15 is 0 Å². The number of nitrogens with zero attached hydrogens (tertiary/aromatic N) is 2. The van der Waals surface area contributed by atoms with E-state index in [9.17, 15) is 0 Å². The monoisotopic (exact) mass is 640 g/mol. The predicted molar refractivity (Wildman–Crippen MR) is 208 cm³/mol. The maximum absolute atomic E-state index is 6.71. The molecule has 0 atom stereocenters. The van der Waals surface area contributed by atoms with Gasteiger partial charge in [0, 0.05) is 38.0 Å². The Morgan fingerprint density at radius 1 is 0.400 bits per heavy atom. The Hall–Kier alpha value is -6.78. The average molecular weight is 641 g/mol. The zero-order valence-electron chi connectivity index (χ0n) is 26.9. The fourth-order valence-electron chi connectivity index (χ4n) is 8.01. The Labute approximate surface area is 286 Å². The molecule has 0 N–H and O–H groups in total. The fourth-order valence-corrected chi connectivity index (χ4v) is 8.01. The van der Waals surface area contributed by atoms with E-state index in [1.165, 1.54) is 10.8 Å². The number of rotatable bonds is 4. The van der Waals surface area contributed by atoms with Gasteiger partial charge in [-0.25, -0.2) is 0 Å². The van der Waals surface area contributed by atoms with Crippen molar-refractivity contribution in [1.82, 2.24) is 4.57 Å². The van der Waals surface area contributed by atoms with Gasteiger partial charge in [0.1, 0.15) is 22.3 Å². The first-order valence-electron chi connectivity index (χ1n) is 16.9. The van der Waals surface area contributed by atoms with E-state index < -0.39 is 0 Å². The standard InChI is InChI=1S/C46H28N2O2/c1-2-13-31-29(12-1)24-26-35-45-41(21-11-23-44(45)50-46(31)35)47(30-25-27-43-36(28-30)34-16-5-10-22-42(34)49-43)39-19-8-9-20-40(39)48-37-17-6-3-14-32(37)33-15-4-7-18-38(33)48/h1-28H. The van der Waals surface area contributed by atoms with Gasteiger partial charge in [0.2, 0.25) is 0 Å². The molecule has 11 rings (SSSR count). The first kappa shape index (κ1) is 27.2. The van der Waals surface area contributed by atoms with Crippen LogP contribution >= 0.6 is 0 Å². The molecular formula is C46H28N2O2. The molecule has 4 heteroatoms. The zero-order valence-corrected chi connectivity index (χ0v) is 26.9. The van der Waals surface area contributed by atoms with Crippen LogP contribution in [0.4, 0.5) is 17.1 Å². The Kier molecular flexibility index (Phi) is 5.63. The van der Waals surface area contributed by atoms with Gasteiger partial charge in [-0.2, -0.15) is 0 Å². The lowest BCUT2D eigenvalue weighted by Gasteiger charge is -2.29. The largest absolute Gasteiger partial charge is 0.456 e. The van der Waals surface area contributed by atoms with E-state index in [1.807, 2.05) is 12.1 Å². The van der Waals surface area contributed by atoms with Crippen LogP contribution in [0.25, 0.3) is 82.1 Å². The van der Waals surface area contributed by atoms with E-state index in [0.29, 0.717) is 0 Å². The minimum Gasteiger partial charge on any atom is -0.456 e. The topological polar surface area (TPSA) is 34.5 Å². The number of benzene rings is 8. The summed E-state index contributed by atoms with van der Waals surface area (Å²) >= 11 is 0. The molecule has 0 saturated heterocycles. The normalized spacial score (nSPS) is 12.0.